The second-order valence-corrected chi connectivity index (χ2v) is 4.01. The molecule has 1 saturated carbocycles. The molecule has 15 heavy (non-hydrogen) atoms. The van der Waals surface area contributed by atoms with Crippen molar-refractivity contribution < 1.29 is 9.53 Å². The Hall–Kier alpha value is -1.03. The van der Waals surface area contributed by atoms with Crippen molar-refractivity contribution >= 4 is 17.6 Å². The normalized spacial score (nSPS) is 17.5. The van der Waals surface area contributed by atoms with Crippen molar-refractivity contribution in [3.63, 3.8) is 0 Å². The van der Waals surface area contributed by atoms with Gasteiger partial charge in [0.05, 0.1) is 24.8 Å². The van der Waals surface area contributed by atoms with Crippen LogP contribution in [0.25, 0.3) is 0 Å². The third kappa shape index (κ3) is 2.15. The summed E-state index contributed by atoms with van der Waals surface area (Å²) in [5.41, 5.74) is 0.734. The molecule has 0 radical (unpaired) electrons. The molecule has 1 fully saturated rings. The summed E-state index contributed by atoms with van der Waals surface area (Å²) < 4.78 is 6.84. The highest BCUT2D eigenvalue weighted by Gasteiger charge is 2.30. The van der Waals surface area contributed by atoms with E-state index < -0.39 is 11.3 Å². The van der Waals surface area contributed by atoms with Crippen LogP contribution in [0.4, 0.5) is 0 Å². The van der Waals surface area contributed by atoms with Gasteiger partial charge in [0.25, 0.3) is 0 Å². The zero-order chi connectivity index (χ0) is 10.8. The van der Waals surface area contributed by atoms with Crippen LogP contribution in [0.5, 0.6) is 0 Å². The molecule has 5 heteroatoms. The first-order valence-electron chi connectivity index (χ1n) is 5.06. The molecule has 1 heterocycles. The number of imidazole rings is 1. The molecule has 1 aliphatic rings. The number of alkyl halides is 1. The smallest absolute Gasteiger partial charge is 0.330 e. The number of carbonyl (C=O) groups excluding carboxylic acids is 1. The number of esters is 1. The van der Waals surface area contributed by atoms with Crippen molar-refractivity contribution in [2.24, 2.45) is 0 Å². The number of ether oxygens (including phenoxy) is 1. The highest BCUT2D eigenvalue weighted by atomic mass is 35.5. The average Bonchev–Trinajstić information content (AvgIpc) is 2.96. The summed E-state index contributed by atoms with van der Waals surface area (Å²) in [5, 5.41) is -0.743. The fourth-order valence-corrected chi connectivity index (χ4v) is 1.74. The summed E-state index contributed by atoms with van der Waals surface area (Å²) in [6.45, 7) is 2.11. The fraction of sp³-hybridized carbons (Fsp3) is 0.600. The molecule has 1 aromatic heterocycles. The van der Waals surface area contributed by atoms with Crippen LogP contribution in [0.2, 0.25) is 0 Å². The Morgan fingerprint density at radius 3 is 3.13 bits per heavy atom. The van der Waals surface area contributed by atoms with E-state index in [9.17, 15) is 4.79 Å². The summed E-state index contributed by atoms with van der Waals surface area (Å²) in [7, 11) is 0. The van der Waals surface area contributed by atoms with Crippen LogP contribution in [0.3, 0.4) is 0 Å². The van der Waals surface area contributed by atoms with Crippen LogP contribution in [0.15, 0.2) is 12.5 Å². The van der Waals surface area contributed by atoms with Gasteiger partial charge in [0.1, 0.15) is 0 Å². The van der Waals surface area contributed by atoms with E-state index in [0.717, 1.165) is 18.5 Å². The van der Waals surface area contributed by atoms with Gasteiger partial charge in [-0.25, -0.2) is 4.98 Å². The van der Waals surface area contributed by atoms with Crippen molar-refractivity contribution in [1.29, 1.82) is 0 Å². The minimum atomic E-state index is -0.743. The van der Waals surface area contributed by atoms with Gasteiger partial charge in [-0.15, -0.1) is 11.6 Å². The van der Waals surface area contributed by atoms with Gasteiger partial charge in [-0.1, -0.05) is 0 Å². The molecule has 0 amide bonds. The lowest BCUT2D eigenvalue weighted by Crippen LogP contribution is -2.14. The lowest BCUT2D eigenvalue weighted by molar-refractivity contribution is -0.142. The largest absolute Gasteiger partial charge is 0.465 e. The second-order valence-electron chi connectivity index (χ2n) is 3.57. The van der Waals surface area contributed by atoms with Gasteiger partial charge >= 0.3 is 5.97 Å². The maximum atomic E-state index is 11.4. The average molecular weight is 229 g/mol. The van der Waals surface area contributed by atoms with Crippen molar-refractivity contribution in [2.75, 3.05) is 6.61 Å². The number of nitrogens with zero attached hydrogens (tertiary/aromatic N) is 2. The lowest BCUT2D eigenvalue weighted by atomic mass is 10.3. The molecule has 4 nitrogen and oxygen atoms in total. The molecular weight excluding hydrogens is 216 g/mol. The Balaban J connectivity index is 2.13. The molecule has 0 bridgehead atoms. The van der Waals surface area contributed by atoms with Crippen LogP contribution in [0.1, 0.15) is 36.9 Å². The van der Waals surface area contributed by atoms with E-state index in [4.69, 9.17) is 16.3 Å². The van der Waals surface area contributed by atoms with Gasteiger partial charge in [0.2, 0.25) is 0 Å². The topological polar surface area (TPSA) is 44.1 Å². The van der Waals surface area contributed by atoms with E-state index >= 15 is 0 Å². The lowest BCUT2D eigenvalue weighted by Gasteiger charge is -2.11. The molecule has 0 aliphatic heterocycles. The molecule has 1 atom stereocenters. The van der Waals surface area contributed by atoms with E-state index in [1.54, 1.807) is 19.4 Å². The van der Waals surface area contributed by atoms with Crippen molar-refractivity contribution in [3.05, 3.63) is 18.2 Å². The molecule has 0 spiro atoms. The minimum Gasteiger partial charge on any atom is -0.465 e. The van der Waals surface area contributed by atoms with Crippen LogP contribution in [-0.4, -0.2) is 22.1 Å². The predicted octanol–water partition coefficient (Wildman–Crippen LogP) is 2.06. The standard InChI is InChI=1S/C10H13ClN2O2/c1-2-15-10(14)9(11)8-5-12-6-13(8)7-3-4-7/h5-7,9H,2-4H2,1H3. The maximum Gasteiger partial charge on any atom is 0.330 e. The van der Waals surface area contributed by atoms with Gasteiger partial charge < -0.3 is 9.30 Å². The van der Waals surface area contributed by atoms with Gasteiger partial charge in [-0.3, -0.25) is 4.79 Å². The molecule has 0 aromatic carbocycles. The Kier molecular flexibility index (Phi) is 2.95. The first-order chi connectivity index (χ1) is 7.24. The molecule has 82 valence electrons. The molecule has 1 aliphatic carbocycles. The van der Waals surface area contributed by atoms with E-state index in [-0.39, 0.29) is 0 Å². The van der Waals surface area contributed by atoms with Crippen LogP contribution >= 0.6 is 11.6 Å². The monoisotopic (exact) mass is 228 g/mol. The van der Waals surface area contributed by atoms with Crippen LogP contribution < -0.4 is 0 Å². The fourth-order valence-electron chi connectivity index (χ4n) is 1.51. The van der Waals surface area contributed by atoms with Crippen molar-refractivity contribution in [2.45, 2.75) is 31.2 Å². The van der Waals surface area contributed by atoms with E-state index in [1.807, 2.05) is 4.57 Å². The highest BCUT2D eigenvalue weighted by molar-refractivity contribution is 6.29. The van der Waals surface area contributed by atoms with Crippen molar-refractivity contribution in [1.82, 2.24) is 9.55 Å². The SMILES string of the molecule is CCOC(=O)C(Cl)c1cncn1C1CC1. The summed E-state index contributed by atoms with van der Waals surface area (Å²) in [6, 6.07) is 0.471. The van der Waals surface area contributed by atoms with Gasteiger partial charge in [0.15, 0.2) is 5.38 Å². The predicted molar refractivity (Wildman–Crippen MR) is 55.7 cm³/mol. The number of hydrogen-bond acceptors (Lipinski definition) is 3. The Labute approximate surface area is 93.2 Å². The zero-order valence-corrected chi connectivity index (χ0v) is 9.28. The molecule has 0 N–H and O–H groups in total. The Morgan fingerprint density at radius 2 is 2.53 bits per heavy atom. The van der Waals surface area contributed by atoms with E-state index in [0.29, 0.717) is 12.6 Å². The number of aromatic nitrogens is 2. The first-order valence-corrected chi connectivity index (χ1v) is 5.50. The second kappa shape index (κ2) is 4.23. The summed E-state index contributed by atoms with van der Waals surface area (Å²) >= 11 is 6.02. The van der Waals surface area contributed by atoms with E-state index in [2.05, 4.69) is 4.98 Å². The van der Waals surface area contributed by atoms with Crippen LogP contribution in [-0.2, 0) is 9.53 Å². The zero-order valence-electron chi connectivity index (χ0n) is 8.52. The third-order valence-corrected chi connectivity index (χ3v) is 2.79. The Morgan fingerprint density at radius 1 is 1.80 bits per heavy atom. The molecular formula is C10H13ClN2O2. The van der Waals surface area contributed by atoms with Gasteiger partial charge in [0, 0.05) is 6.04 Å². The first kappa shape index (κ1) is 10.5. The third-order valence-electron chi connectivity index (χ3n) is 2.39. The summed E-state index contributed by atoms with van der Waals surface area (Å²) in [5.74, 6) is -0.401. The Bertz CT molecular complexity index is 360. The molecule has 0 saturated heterocycles. The number of rotatable bonds is 4. The molecule has 1 unspecified atom stereocenters. The highest BCUT2D eigenvalue weighted by Crippen LogP contribution is 2.38. The number of halogens is 1. The van der Waals surface area contributed by atoms with Gasteiger partial charge in [-0.05, 0) is 19.8 Å². The summed E-state index contributed by atoms with van der Waals surface area (Å²) in [4.78, 5) is 15.5. The maximum absolute atomic E-state index is 11.4. The number of carbonyl (C=O) groups is 1. The molecule has 1 aromatic rings. The quantitative estimate of drug-likeness (QED) is 0.585. The minimum absolute atomic E-state index is 0.347. The van der Waals surface area contributed by atoms with E-state index in [1.165, 1.54) is 0 Å². The summed E-state index contributed by atoms with van der Waals surface area (Å²) in [6.07, 6.45) is 5.63. The molecule has 2 rings (SSSR count). The van der Waals surface area contributed by atoms with Crippen molar-refractivity contribution in [3.8, 4) is 0 Å². The van der Waals surface area contributed by atoms with Gasteiger partial charge in [-0.2, -0.15) is 0 Å². The number of hydrogen-bond donors (Lipinski definition) is 0. The van der Waals surface area contributed by atoms with Crippen LogP contribution in [0, 0.1) is 0 Å².